The highest BCUT2D eigenvalue weighted by molar-refractivity contribution is 7.89. The molecule has 0 saturated carbocycles. The number of anilines is 2. The van der Waals surface area contributed by atoms with Crippen molar-refractivity contribution in [3.8, 4) is 22.4 Å². The molecule has 2 amide bonds. The molecule has 4 aromatic rings. The lowest BCUT2D eigenvalue weighted by molar-refractivity contribution is -0.115. The number of piperazine rings is 1. The van der Waals surface area contributed by atoms with Gasteiger partial charge in [-0.3, -0.25) is 13.6 Å². The van der Waals surface area contributed by atoms with Gasteiger partial charge in [0.1, 0.15) is 5.82 Å². The molecule has 0 unspecified atom stereocenters. The molecule has 202 valence electrons. The van der Waals surface area contributed by atoms with Crippen molar-refractivity contribution >= 4 is 44.1 Å². The summed E-state index contributed by atoms with van der Waals surface area (Å²) in [4.78, 5) is 36.0. The molecule has 1 aliphatic rings. The fourth-order valence-electron chi connectivity index (χ4n) is 4.13. The van der Waals surface area contributed by atoms with Gasteiger partial charge in [0.05, 0.1) is 24.1 Å². The normalized spacial score (nSPS) is 13.7. The molecule has 1 aromatic carbocycles. The monoisotopic (exact) mass is 565 g/mol. The average molecular weight is 566 g/mol. The van der Waals surface area contributed by atoms with Crippen molar-refractivity contribution in [2.24, 2.45) is 0 Å². The maximum atomic E-state index is 12.4. The lowest BCUT2D eigenvalue weighted by Gasteiger charge is -2.28. The second-order valence-corrected chi connectivity index (χ2v) is 11.7. The number of carbonyl (C=O) groups excluding carboxylic acids is 2. The number of amides is 2. The molecule has 3 aromatic heterocycles. The molecule has 13 heteroatoms. The lowest BCUT2D eigenvalue weighted by Crippen LogP contribution is -2.43. The van der Waals surface area contributed by atoms with Crippen LogP contribution >= 0.6 is 11.3 Å². The fraction of sp³-hybridized carbons (Fsp3) is 0.231. The van der Waals surface area contributed by atoms with E-state index in [2.05, 4.69) is 43.0 Å². The largest absolute Gasteiger partial charge is 0.354 e. The molecule has 0 bridgehead atoms. The van der Waals surface area contributed by atoms with Gasteiger partial charge in [-0.15, -0.1) is 11.3 Å². The molecule has 5 rings (SSSR count). The van der Waals surface area contributed by atoms with Crippen LogP contribution in [0.25, 0.3) is 22.4 Å². The summed E-state index contributed by atoms with van der Waals surface area (Å²) in [5.41, 5.74) is 3.87. The Labute approximate surface area is 230 Å². The summed E-state index contributed by atoms with van der Waals surface area (Å²) in [6, 6.07) is 13.5. The first-order chi connectivity index (χ1) is 18.8. The van der Waals surface area contributed by atoms with Gasteiger partial charge in [-0.2, -0.15) is 0 Å². The standard InChI is InChI=1S/C26H27N7O4S2/c1-39(36,37)33-10-6-21(16-33)25(35)29-15-24(34)31-26-30-22(17-38-26)20-4-2-3-18(13-20)19-5-7-28-23(14-19)32-11-8-27-9-12-32/h2-7,10,13-14,16-17,27H,8-9,11-12,15H2,1H3,(H,29,35)(H,30,31,34). The summed E-state index contributed by atoms with van der Waals surface area (Å²) in [5.74, 6) is -0.0451. The molecule has 0 atom stereocenters. The first-order valence-electron chi connectivity index (χ1n) is 12.2. The van der Waals surface area contributed by atoms with E-state index in [9.17, 15) is 18.0 Å². The Morgan fingerprint density at radius 2 is 1.85 bits per heavy atom. The zero-order valence-electron chi connectivity index (χ0n) is 21.1. The highest BCUT2D eigenvalue weighted by atomic mass is 32.2. The van der Waals surface area contributed by atoms with Gasteiger partial charge in [0.25, 0.3) is 5.91 Å². The number of pyridine rings is 1. The Kier molecular flexibility index (Phi) is 7.72. The molecule has 39 heavy (non-hydrogen) atoms. The first-order valence-corrected chi connectivity index (χ1v) is 14.9. The SMILES string of the molecule is CS(=O)(=O)n1ccc(C(=O)NCC(=O)Nc2nc(-c3cccc(-c4ccnc(N5CCNCC5)c4)c3)cs2)c1. The number of rotatable bonds is 8. The van der Waals surface area contributed by atoms with Crippen LogP contribution in [0.1, 0.15) is 10.4 Å². The maximum absolute atomic E-state index is 12.4. The number of aromatic nitrogens is 3. The van der Waals surface area contributed by atoms with E-state index in [4.69, 9.17) is 0 Å². The summed E-state index contributed by atoms with van der Waals surface area (Å²) in [6.45, 7) is 3.44. The summed E-state index contributed by atoms with van der Waals surface area (Å²) >= 11 is 1.28. The summed E-state index contributed by atoms with van der Waals surface area (Å²) in [5, 5.41) is 10.8. The zero-order chi connectivity index (χ0) is 27.4. The molecular weight excluding hydrogens is 538 g/mol. The minimum Gasteiger partial charge on any atom is -0.354 e. The molecule has 0 spiro atoms. The summed E-state index contributed by atoms with van der Waals surface area (Å²) in [7, 11) is -3.49. The van der Waals surface area contributed by atoms with Gasteiger partial charge < -0.3 is 20.9 Å². The van der Waals surface area contributed by atoms with E-state index in [1.165, 1.54) is 29.8 Å². The highest BCUT2D eigenvalue weighted by Gasteiger charge is 2.15. The van der Waals surface area contributed by atoms with E-state index < -0.39 is 21.8 Å². The highest BCUT2D eigenvalue weighted by Crippen LogP contribution is 2.30. The molecule has 3 N–H and O–H groups in total. The fourth-order valence-corrected chi connectivity index (χ4v) is 5.45. The molecule has 1 saturated heterocycles. The van der Waals surface area contributed by atoms with Gasteiger partial charge in [-0.05, 0) is 35.4 Å². The van der Waals surface area contributed by atoms with Crippen molar-refractivity contribution in [3.05, 3.63) is 72.0 Å². The molecular formula is C26H27N7O4S2. The third-order valence-electron chi connectivity index (χ3n) is 6.15. The van der Waals surface area contributed by atoms with E-state index in [-0.39, 0.29) is 12.1 Å². The predicted molar refractivity (Wildman–Crippen MR) is 152 cm³/mol. The van der Waals surface area contributed by atoms with Crippen LogP contribution in [0.3, 0.4) is 0 Å². The third kappa shape index (κ3) is 6.50. The molecule has 0 radical (unpaired) electrons. The molecule has 1 fully saturated rings. The van der Waals surface area contributed by atoms with Crippen LogP contribution in [-0.2, 0) is 14.8 Å². The van der Waals surface area contributed by atoms with Gasteiger partial charge in [0.2, 0.25) is 15.9 Å². The van der Waals surface area contributed by atoms with Crippen LogP contribution in [-0.4, -0.2) is 73.2 Å². The number of nitrogens with zero attached hydrogens (tertiary/aromatic N) is 4. The van der Waals surface area contributed by atoms with Gasteiger partial charge in [-0.25, -0.2) is 18.4 Å². The Morgan fingerprint density at radius 1 is 1.08 bits per heavy atom. The lowest BCUT2D eigenvalue weighted by atomic mass is 10.0. The van der Waals surface area contributed by atoms with Gasteiger partial charge >= 0.3 is 0 Å². The average Bonchev–Trinajstić information content (AvgIpc) is 3.63. The van der Waals surface area contributed by atoms with Crippen LogP contribution in [0.2, 0.25) is 0 Å². The number of carbonyl (C=O) groups is 2. The van der Waals surface area contributed by atoms with E-state index in [0.29, 0.717) is 5.13 Å². The van der Waals surface area contributed by atoms with E-state index in [1.807, 2.05) is 35.8 Å². The topological polar surface area (TPSA) is 138 Å². The third-order valence-corrected chi connectivity index (χ3v) is 7.90. The Balaban J connectivity index is 1.21. The minimum absolute atomic E-state index is 0.138. The summed E-state index contributed by atoms with van der Waals surface area (Å²) < 4.78 is 24.1. The number of nitrogens with one attached hydrogen (secondary N) is 3. The Hall–Kier alpha value is -4.07. The first kappa shape index (κ1) is 26.5. The maximum Gasteiger partial charge on any atom is 0.253 e. The van der Waals surface area contributed by atoms with Crippen molar-refractivity contribution < 1.29 is 18.0 Å². The van der Waals surface area contributed by atoms with Crippen LogP contribution in [0.4, 0.5) is 10.9 Å². The van der Waals surface area contributed by atoms with Crippen molar-refractivity contribution in [2.45, 2.75) is 0 Å². The molecule has 1 aliphatic heterocycles. The van der Waals surface area contributed by atoms with Crippen molar-refractivity contribution in [3.63, 3.8) is 0 Å². The van der Waals surface area contributed by atoms with Crippen molar-refractivity contribution in [2.75, 3.05) is 49.2 Å². The van der Waals surface area contributed by atoms with Crippen LogP contribution < -0.4 is 20.9 Å². The predicted octanol–water partition coefficient (Wildman–Crippen LogP) is 2.26. The molecule has 0 aliphatic carbocycles. The zero-order valence-corrected chi connectivity index (χ0v) is 22.8. The van der Waals surface area contributed by atoms with E-state index in [0.717, 1.165) is 64.6 Å². The summed E-state index contributed by atoms with van der Waals surface area (Å²) in [6.07, 6.45) is 5.33. The van der Waals surface area contributed by atoms with Gasteiger partial charge in [-0.1, -0.05) is 18.2 Å². The van der Waals surface area contributed by atoms with E-state index >= 15 is 0 Å². The number of benzene rings is 1. The van der Waals surface area contributed by atoms with Gasteiger partial charge in [0, 0.05) is 55.7 Å². The molecule has 11 nitrogen and oxygen atoms in total. The second-order valence-electron chi connectivity index (χ2n) is 8.98. The number of thiazole rings is 1. The Morgan fingerprint density at radius 3 is 2.62 bits per heavy atom. The van der Waals surface area contributed by atoms with Crippen molar-refractivity contribution in [1.82, 2.24) is 24.6 Å². The smallest absolute Gasteiger partial charge is 0.253 e. The van der Waals surface area contributed by atoms with E-state index in [1.54, 1.807) is 0 Å². The number of hydrogen-bond acceptors (Lipinski definition) is 9. The Bertz CT molecular complexity index is 1610. The van der Waals surface area contributed by atoms with Crippen molar-refractivity contribution in [1.29, 1.82) is 0 Å². The number of hydrogen-bond donors (Lipinski definition) is 3. The van der Waals surface area contributed by atoms with Crippen LogP contribution in [0, 0.1) is 0 Å². The second kappa shape index (κ2) is 11.4. The molecule has 4 heterocycles. The quantitative estimate of drug-likeness (QED) is 0.296. The van der Waals surface area contributed by atoms with Crippen LogP contribution in [0.15, 0.2) is 66.4 Å². The van der Waals surface area contributed by atoms with Crippen LogP contribution in [0.5, 0.6) is 0 Å². The minimum atomic E-state index is -3.49. The van der Waals surface area contributed by atoms with Gasteiger partial charge in [0.15, 0.2) is 5.13 Å².